The highest BCUT2D eigenvalue weighted by Crippen LogP contribution is 2.33. The standard InChI is InChI=1S/C31H41N3O2S/c1-8-10-15-32-31(34-24(6)25(7)37-22(4)9-2)28-18-26(29-12-11-21(3)20-33-29)19-30(23(28)5)36-27-13-16-35-17-14-27/h9-12,15,18-20,24,27H,7-8,13-14,16-17H2,1-6H3,(H,32,34)/b15-10+,22-9-. The van der Waals surface area contributed by atoms with E-state index in [1.54, 1.807) is 11.8 Å². The SMILES string of the molecule is C=C(S/C(C)=C\C)C(C)N=C(N/C=C/CC)c1cc(-c2ccc(C)cn2)cc(OC2CCOCC2)c1C. The maximum atomic E-state index is 6.57. The summed E-state index contributed by atoms with van der Waals surface area (Å²) in [6, 6.07) is 8.33. The Labute approximate surface area is 227 Å². The maximum Gasteiger partial charge on any atom is 0.133 e. The molecule has 0 aliphatic carbocycles. The van der Waals surface area contributed by atoms with Gasteiger partial charge in [0.2, 0.25) is 0 Å². The zero-order valence-corrected chi connectivity index (χ0v) is 24.0. The van der Waals surface area contributed by atoms with Gasteiger partial charge in [0.05, 0.1) is 24.9 Å². The van der Waals surface area contributed by atoms with Crippen LogP contribution in [-0.4, -0.2) is 36.2 Å². The Hall–Kier alpha value is -2.83. The molecule has 1 aliphatic heterocycles. The van der Waals surface area contributed by atoms with Gasteiger partial charge in [-0.05, 0) is 75.9 Å². The van der Waals surface area contributed by atoms with E-state index in [9.17, 15) is 0 Å². The molecule has 0 bridgehead atoms. The number of ether oxygens (including phenoxy) is 2. The van der Waals surface area contributed by atoms with E-state index in [4.69, 9.17) is 19.5 Å². The first-order chi connectivity index (χ1) is 17.8. The van der Waals surface area contributed by atoms with Gasteiger partial charge < -0.3 is 14.8 Å². The number of aliphatic imine (C=N–C) groups is 1. The smallest absolute Gasteiger partial charge is 0.133 e. The minimum absolute atomic E-state index is 0.0853. The molecule has 1 atom stereocenters. The normalized spacial score (nSPS) is 16.2. The molecule has 37 heavy (non-hydrogen) atoms. The fourth-order valence-corrected chi connectivity index (χ4v) is 4.63. The van der Waals surface area contributed by atoms with E-state index in [-0.39, 0.29) is 12.1 Å². The Morgan fingerprint density at radius 3 is 2.70 bits per heavy atom. The highest BCUT2D eigenvalue weighted by atomic mass is 32.2. The fraction of sp³-hybridized carbons (Fsp3) is 0.419. The molecule has 1 unspecified atom stereocenters. The number of hydrogen-bond acceptors (Lipinski definition) is 5. The molecule has 1 N–H and O–H groups in total. The largest absolute Gasteiger partial charge is 0.490 e. The predicted octanol–water partition coefficient (Wildman–Crippen LogP) is 7.74. The number of pyridine rings is 1. The van der Waals surface area contributed by atoms with Crippen LogP contribution in [0.4, 0.5) is 0 Å². The highest BCUT2D eigenvalue weighted by Gasteiger charge is 2.21. The first-order valence-corrected chi connectivity index (χ1v) is 13.9. The van der Waals surface area contributed by atoms with Crippen LogP contribution in [0, 0.1) is 13.8 Å². The zero-order valence-electron chi connectivity index (χ0n) is 23.1. The molecule has 1 aliphatic rings. The van der Waals surface area contributed by atoms with Gasteiger partial charge >= 0.3 is 0 Å². The average Bonchev–Trinajstić information content (AvgIpc) is 2.90. The van der Waals surface area contributed by atoms with Gasteiger partial charge in [0.15, 0.2) is 0 Å². The van der Waals surface area contributed by atoms with Crippen LogP contribution in [-0.2, 0) is 4.74 Å². The van der Waals surface area contributed by atoms with Crippen molar-refractivity contribution in [2.45, 2.75) is 73.0 Å². The number of aryl methyl sites for hydroxylation is 1. The van der Waals surface area contributed by atoms with E-state index in [0.29, 0.717) is 0 Å². The Kier molecular flexibility index (Phi) is 11.0. The van der Waals surface area contributed by atoms with Crippen LogP contribution in [0.5, 0.6) is 5.75 Å². The molecule has 1 aromatic carbocycles. The summed E-state index contributed by atoms with van der Waals surface area (Å²) in [5, 5.41) is 3.46. The van der Waals surface area contributed by atoms with Crippen molar-refractivity contribution in [1.82, 2.24) is 10.3 Å². The minimum Gasteiger partial charge on any atom is -0.490 e. The van der Waals surface area contributed by atoms with Gasteiger partial charge in [0.25, 0.3) is 0 Å². The van der Waals surface area contributed by atoms with Gasteiger partial charge in [0.1, 0.15) is 17.7 Å². The Bertz CT molecular complexity index is 1150. The highest BCUT2D eigenvalue weighted by molar-refractivity contribution is 8.06. The predicted molar refractivity (Wildman–Crippen MR) is 158 cm³/mol. The van der Waals surface area contributed by atoms with Crippen LogP contribution in [0.15, 0.2) is 70.2 Å². The molecule has 2 aromatic rings. The van der Waals surface area contributed by atoms with Crippen LogP contribution < -0.4 is 10.1 Å². The van der Waals surface area contributed by atoms with Crippen molar-refractivity contribution in [3.63, 3.8) is 0 Å². The zero-order chi connectivity index (χ0) is 26.8. The van der Waals surface area contributed by atoms with E-state index >= 15 is 0 Å². The summed E-state index contributed by atoms with van der Waals surface area (Å²) in [4.78, 5) is 12.0. The Balaban J connectivity index is 2.10. The number of allylic oxidation sites excluding steroid dienone is 3. The molecule has 0 spiro atoms. The summed E-state index contributed by atoms with van der Waals surface area (Å²) < 4.78 is 12.1. The molecule has 1 saturated heterocycles. The number of nitrogens with zero attached hydrogens (tertiary/aromatic N) is 2. The quantitative estimate of drug-likeness (QED) is 0.257. The van der Waals surface area contributed by atoms with Crippen molar-refractivity contribution in [3.05, 3.63) is 81.9 Å². The third-order valence-electron chi connectivity index (χ3n) is 6.35. The molecular weight excluding hydrogens is 478 g/mol. The first-order valence-electron chi connectivity index (χ1n) is 13.1. The van der Waals surface area contributed by atoms with Gasteiger partial charge in [-0.1, -0.05) is 43.5 Å². The maximum absolute atomic E-state index is 6.57. The topological polar surface area (TPSA) is 55.7 Å². The Morgan fingerprint density at radius 1 is 1.30 bits per heavy atom. The van der Waals surface area contributed by atoms with Gasteiger partial charge in [-0.25, -0.2) is 0 Å². The number of nitrogens with one attached hydrogen (secondary N) is 1. The average molecular weight is 520 g/mol. The third-order valence-corrected chi connectivity index (χ3v) is 7.51. The van der Waals surface area contributed by atoms with Crippen molar-refractivity contribution in [2.75, 3.05) is 13.2 Å². The molecule has 1 fully saturated rings. The van der Waals surface area contributed by atoms with Crippen LogP contribution in [0.25, 0.3) is 11.3 Å². The lowest BCUT2D eigenvalue weighted by Gasteiger charge is -2.25. The first kappa shape index (κ1) is 28.7. The van der Waals surface area contributed by atoms with Crippen LogP contribution in [0.2, 0.25) is 0 Å². The lowest BCUT2D eigenvalue weighted by Crippen LogP contribution is -2.27. The summed E-state index contributed by atoms with van der Waals surface area (Å²) in [7, 11) is 0. The molecule has 5 nitrogen and oxygen atoms in total. The molecule has 3 rings (SSSR count). The molecule has 6 heteroatoms. The monoisotopic (exact) mass is 519 g/mol. The van der Waals surface area contributed by atoms with Crippen LogP contribution >= 0.6 is 11.8 Å². The number of aromatic nitrogens is 1. The summed E-state index contributed by atoms with van der Waals surface area (Å²) in [5.74, 6) is 1.65. The summed E-state index contributed by atoms with van der Waals surface area (Å²) in [6.45, 7) is 18.3. The van der Waals surface area contributed by atoms with Gasteiger partial charge in [-0.3, -0.25) is 9.98 Å². The number of thioether (sulfide) groups is 1. The molecular formula is C31H41N3O2S. The fourth-order valence-electron chi connectivity index (χ4n) is 3.87. The van der Waals surface area contributed by atoms with Gasteiger partial charge in [-0.15, -0.1) is 0 Å². The summed E-state index contributed by atoms with van der Waals surface area (Å²) in [6.07, 6.45) is 10.9. The van der Waals surface area contributed by atoms with E-state index in [2.05, 4.69) is 76.0 Å². The summed E-state index contributed by atoms with van der Waals surface area (Å²) in [5.41, 5.74) is 5.08. The van der Waals surface area contributed by atoms with E-state index in [0.717, 1.165) is 76.9 Å². The molecule has 0 amide bonds. The molecule has 0 radical (unpaired) electrons. The Morgan fingerprint density at radius 2 is 2.05 bits per heavy atom. The lowest BCUT2D eigenvalue weighted by molar-refractivity contribution is 0.0253. The van der Waals surface area contributed by atoms with E-state index in [1.165, 1.54) is 4.91 Å². The number of rotatable bonds is 10. The van der Waals surface area contributed by atoms with Crippen molar-refractivity contribution in [2.24, 2.45) is 4.99 Å². The van der Waals surface area contributed by atoms with Crippen molar-refractivity contribution in [1.29, 1.82) is 0 Å². The number of hydrogen-bond donors (Lipinski definition) is 1. The van der Waals surface area contributed by atoms with E-state index in [1.807, 2.05) is 26.2 Å². The van der Waals surface area contributed by atoms with Crippen LogP contribution in [0.3, 0.4) is 0 Å². The third kappa shape index (κ3) is 8.34. The number of amidine groups is 1. The number of benzene rings is 1. The van der Waals surface area contributed by atoms with Crippen molar-refractivity contribution < 1.29 is 9.47 Å². The molecule has 0 saturated carbocycles. The van der Waals surface area contributed by atoms with Gasteiger partial charge in [0, 0.05) is 40.6 Å². The van der Waals surface area contributed by atoms with Crippen LogP contribution in [0.1, 0.15) is 63.6 Å². The minimum atomic E-state index is -0.0853. The second-order valence-electron chi connectivity index (χ2n) is 9.37. The molecule has 1 aromatic heterocycles. The van der Waals surface area contributed by atoms with Gasteiger partial charge in [-0.2, -0.15) is 0 Å². The summed E-state index contributed by atoms with van der Waals surface area (Å²) >= 11 is 1.67. The second kappa shape index (κ2) is 14.2. The van der Waals surface area contributed by atoms with Crippen molar-refractivity contribution >= 4 is 17.6 Å². The lowest BCUT2D eigenvalue weighted by atomic mass is 9.99. The van der Waals surface area contributed by atoms with E-state index < -0.39 is 0 Å². The molecule has 2 heterocycles. The van der Waals surface area contributed by atoms with Crippen molar-refractivity contribution in [3.8, 4) is 17.0 Å². The molecule has 198 valence electrons. The second-order valence-corrected chi connectivity index (χ2v) is 10.7.